The van der Waals surface area contributed by atoms with E-state index in [0.717, 1.165) is 22.0 Å². The summed E-state index contributed by atoms with van der Waals surface area (Å²) in [4.78, 5) is 29.4. The van der Waals surface area contributed by atoms with E-state index in [9.17, 15) is 9.59 Å². The number of esters is 2. The lowest BCUT2D eigenvalue weighted by molar-refractivity contribution is -0.158. The first-order valence-electron chi connectivity index (χ1n) is 10.3. The zero-order chi connectivity index (χ0) is 22.6. The fourth-order valence-electron chi connectivity index (χ4n) is 3.18. The van der Waals surface area contributed by atoms with Gasteiger partial charge in [0, 0.05) is 10.9 Å². The van der Waals surface area contributed by atoms with Gasteiger partial charge >= 0.3 is 11.9 Å². The molecule has 2 aromatic carbocycles. The summed E-state index contributed by atoms with van der Waals surface area (Å²) in [5.41, 5.74) is 2.44. The predicted octanol–water partition coefficient (Wildman–Crippen LogP) is 5.11. The highest BCUT2D eigenvalue weighted by Crippen LogP contribution is 2.29. The number of benzene rings is 2. The fraction of sp³-hybridized carbons (Fsp3) is 0.320. The van der Waals surface area contributed by atoms with Crippen LogP contribution in [0.2, 0.25) is 0 Å². The Balaban J connectivity index is 1.99. The Bertz CT molecular complexity index is 1100. The Kier molecular flexibility index (Phi) is 6.59. The molecule has 0 aliphatic heterocycles. The van der Waals surface area contributed by atoms with Crippen LogP contribution >= 0.6 is 0 Å². The van der Waals surface area contributed by atoms with Gasteiger partial charge in [0.15, 0.2) is 5.60 Å². The summed E-state index contributed by atoms with van der Waals surface area (Å²) in [5.74, 6) is -0.345. The van der Waals surface area contributed by atoms with Crippen LogP contribution in [0.5, 0.6) is 5.75 Å². The Labute approximate surface area is 182 Å². The second-order valence-electron chi connectivity index (χ2n) is 7.66. The maximum Gasteiger partial charge on any atom is 0.349 e. The van der Waals surface area contributed by atoms with Gasteiger partial charge in [-0.1, -0.05) is 12.1 Å². The van der Waals surface area contributed by atoms with Crippen molar-refractivity contribution in [3.63, 3.8) is 0 Å². The lowest BCUT2D eigenvalue weighted by Gasteiger charge is -2.24. The average molecular weight is 421 g/mol. The molecule has 1 aromatic heterocycles. The highest BCUT2D eigenvalue weighted by atomic mass is 16.6. The Morgan fingerprint density at radius 3 is 2.26 bits per heavy atom. The number of fused-ring (bicyclic) bond motifs is 1. The normalized spacial score (nSPS) is 11.3. The Morgan fingerprint density at radius 2 is 1.61 bits per heavy atom. The van der Waals surface area contributed by atoms with Crippen LogP contribution in [0, 0.1) is 6.92 Å². The van der Waals surface area contributed by atoms with Crippen molar-refractivity contribution < 1.29 is 23.8 Å². The van der Waals surface area contributed by atoms with Gasteiger partial charge in [0.05, 0.1) is 30.0 Å². The minimum absolute atomic E-state index is 0.278. The predicted molar refractivity (Wildman–Crippen MR) is 119 cm³/mol. The molecule has 31 heavy (non-hydrogen) atoms. The van der Waals surface area contributed by atoms with Crippen LogP contribution in [0.15, 0.2) is 48.5 Å². The molecular weight excluding hydrogens is 394 g/mol. The van der Waals surface area contributed by atoms with Crippen molar-refractivity contribution in [2.24, 2.45) is 0 Å². The smallest absolute Gasteiger partial charge is 0.349 e. The number of hydrogen-bond acceptors (Lipinski definition) is 6. The van der Waals surface area contributed by atoms with E-state index >= 15 is 0 Å². The van der Waals surface area contributed by atoms with Crippen molar-refractivity contribution in [2.75, 3.05) is 13.2 Å². The number of nitrogens with zero attached hydrogens (tertiary/aromatic N) is 1. The molecule has 3 rings (SSSR count). The van der Waals surface area contributed by atoms with E-state index in [2.05, 4.69) is 0 Å². The topological polar surface area (TPSA) is 74.7 Å². The number of aromatic nitrogens is 1. The van der Waals surface area contributed by atoms with Crippen molar-refractivity contribution in [2.45, 2.75) is 40.2 Å². The van der Waals surface area contributed by atoms with Crippen molar-refractivity contribution in [3.05, 3.63) is 59.7 Å². The lowest BCUT2D eigenvalue weighted by Crippen LogP contribution is -2.39. The lowest BCUT2D eigenvalue weighted by atomic mass is 10.0. The largest absolute Gasteiger partial charge is 0.476 e. The molecule has 0 saturated carbocycles. The van der Waals surface area contributed by atoms with Crippen LogP contribution in [-0.2, 0) is 14.3 Å². The van der Waals surface area contributed by atoms with Gasteiger partial charge < -0.3 is 14.2 Å². The maximum absolute atomic E-state index is 12.6. The molecule has 0 unspecified atom stereocenters. The van der Waals surface area contributed by atoms with Gasteiger partial charge in [0.1, 0.15) is 5.75 Å². The monoisotopic (exact) mass is 421 g/mol. The summed E-state index contributed by atoms with van der Waals surface area (Å²) in [6.07, 6.45) is 0. The molecule has 0 atom stereocenters. The van der Waals surface area contributed by atoms with Crippen LogP contribution in [0.25, 0.3) is 22.2 Å². The van der Waals surface area contributed by atoms with E-state index in [1.807, 2.05) is 43.3 Å². The first kappa shape index (κ1) is 22.3. The third kappa shape index (κ3) is 5.02. The molecule has 162 valence electrons. The summed E-state index contributed by atoms with van der Waals surface area (Å²) in [7, 11) is 0. The molecule has 0 aliphatic rings. The molecule has 0 N–H and O–H groups in total. The van der Waals surface area contributed by atoms with Gasteiger partial charge in [-0.05, 0) is 76.6 Å². The third-order valence-electron chi connectivity index (χ3n) is 4.74. The third-order valence-corrected chi connectivity index (χ3v) is 4.74. The van der Waals surface area contributed by atoms with Crippen molar-refractivity contribution in [3.8, 4) is 17.0 Å². The number of aryl methyl sites for hydroxylation is 1. The molecule has 0 fully saturated rings. The Morgan fingerprint density at radius 1 is 0.935 bits per heavy atom. The summed E-state index contributed by atoms with van der Waals surface area (Å²) < 4.78 is 16.1. The first-order valence-corrected chi connectivity index (χ1v) is 10.3. The van der Waals surface area contributed by atoms with Gasteiger partial charge in [0.2, 0.25) is 0 Å². The quantitative estimate of drug-likeness (QED) is 0.494. The summed E-state index contributed by atoms with van der Waals surface area (Å²) in [6, 6.07) is 14.8. The molecule has 0 bridgehead atoms. The highest BCUT2D eigenvalue weighted by Gasteiger charge is 2.31. The average Bonchev–Trinajstić information content (AvgIpc) is 2.73. The second-order valence-corrected chi connectivity index (χ2v) is 7.66. The van der Waals surface area contributed by atoms with Gasteiger partial charge in [-0.15, -0.1) is 0 Å². The van der Waals surface area contributed by atoms with Crippen LogP contribution < -0.4 is 4.74 Å². The maximum atomic E-state index is 12.6. The number of ether oxygens (including phenoxy) is 3. The van der Waals surface area contributed by atoms with E-state index < -0.39 is 17.5 Å². The molecule has 1 heterocycles. The molecule has 6 heteroatoms. The van der Waals surface area contributed by atoms with Crippen molar-refractivity contribution in [1.29, 1.82) is 0 Å². The number of rotatable bonds is 7. The van der Waals surface area contributed by atoms with Crippen LogP contribution in [0.3, 0.4) is 0 Å². The standard InChI is InChI=1S/C25H27NO5/c1-6-29-23(27)20-15-18-9-8-16(3)14-21(18)26-22(20)17-10-12-19(13-11-17)31-25(4,5)24(28)30-7-2/h8-15H,6-7H2,1-5H3. The molecule has 0 radical (unpaired) electrons. The molecule has 0 aliphatic carbocycles. The van der Waals surface area contributed by atoms with Crippen LogP contribution in [-0.4, -0.2) is 35.7 Å². The number of carbonyl (C=O) groups is 2. The van der Waals surface area contributed by atoms with E-state index in [1.165, 1.54) is 0 Å². The summed E-state index contributed by atoms with van der Waals surface area (Å²) >= 11 is 0. The van der Waals surface area contributed by atoms with Gasteiger partial charge in [-0.25, -0.2) is 14.6 Å². The first-order chi connectivity index (χ1) is 14.7. The van der Waals surface area contributed by atoms with Crippen LogP contribution in [0.4, 0.5) is 0 Å². The number of hydrogen-bond donors (Lipinski definition) is 0. The van der Waals surface area contributed by atoms with Gasteiger partial charge in [-0.2, -0.15) is 0 Å². The molecule has 6 nitrogen and oxygen atoms in total. The highest BCUT2D eigenvalue weighted by molar-refractivity contribution is 6.00. The minimum Gasteiger partial charge on any atom is -0.476 e. The fourth-order valence-corrected chi connectivity index (χ4v) is 3.18. The van der Waals surface area contributed by atoms with E-state index in [4.69, 9.17) is 19.2 Å². The van der Waals surface area contributed by atoms with Gasteiger partial charge in [-0.3, -0.25) is 0 Å². The minimum atomic E-state index is -1.12. The van der Waals surface area contributed by atoms with Crippen molar-refractivity contribution >= 4 is 22.8 Å². The summed E-state index contributed by atoms with van der Waals surface area (Å²) in [6.45, 7) is 9.40. The zero-order valence-electron chi connectivity index (χ0n) is 18.5. The molecular formula is C25H27NO5. The zero-order valence-corrected chi connectivity index (χ0v) is 18.5. The van der Waals surface area contributed by atoms with Crippen molar-refractivity contribution in [1.82, 2.24) is 4.98 Å². The number of carbonyl (C=O) groups excluding carboxylic acids is 2. The SMILES string of the molecule is CCOC(=O)c1cc2ccc(C)cc2nc1-c1ccc(OC(C)(C)C(=O)OCC)cc1. The molecule has 0 spiro atoms. The second kappa shape index (κ2) is 9.16. The number of pyridine rings is 1. The molecule has 3 aromatic rings. The summed E-state index contributed by atoms with van der Waals surface area (Å²) in [5, 5.41) is 0.869. The van der Waals surface area contributed by atoms with E-state index in [-0.39, 0.29) is 13.2 Å². The van der Waals surface area contributed by atoms with E-state index in [1.54, 1.807) is 39.8 Å². The Hall–Kier alpha value is -3.41. The molecule has 0 amide bonds. The van der Waals surface area contributed by atoms with Crippen LogP contribution in [0.1, 0.15) is 43.6 Å². The van der Waals surface area contributed by atoms with Gasteiger partial charge in [0.25, 0.3) is 0 Å². The van der Waals surface area contributed by atoms with E-state index in [0.29, 0.717) is 17.0 Å². The molecule has 0 saturated heterocycles.